The molecule has 0 saturated heterocycles. The largest absolute Gasteiger partial charge is 0.454 e. The minimum atomic E-state index is -2.93. The number of nitrogens with one attached hydrogen (secondary N) is 2. The van der Waals surface area contributed by atoms with Gasteiger partial charge in [0.15, 0.2) is 17.5 Å². The second-order valence-electron chi connectivity index (χ2n) is 7.30. The molecule has 31 heavy (non-hydrogen) atoms. The lowest BCUT2D eigenvalue weighted by Crippen LogP contribution is -2.36. The van der Waals surface area contributed by atoms with Gasteiger partial charge < -0.3 is 29.7 Å². The Balaban J connectivity index is 1.70. The predicted octanol–water partition coefficient (Wildman–Crippen LogP) is 3.33. The molecule has 9 heteroatoms. The van der Waals surface area contributed by atoms with Gasteiger partial charge >= 0.3 is 6.61 Å². The van der Waals surface area contributed by atoms with Gasteiger partial charge in [-0.05, 0) is 38.2 Å². The Kier molecular flexibility index (Phi) is 7.88. The lowest BCUT2D eigenvalue weighted by Gasteiger charge is -2.15. The molecule has 2 aromatic rings. The molecule has 7 nitrogen and oxygen atoms in total. The van der Waals surface area contributed by atoms with Gasteiger partial charge in [-0.3, -0.25) is 0 Å². The number of alkyl halides is 2. The average molecular weight is 434 g/mol. The molecule has 0 amide bonds. The first-order chi connectivity index (χ1) is 14.9. The number of hydrogen-bond donors (Lipinski definition) is 2. The van der Waals surface area contributed by atoms with E-state index in [4.69, 9.17) is 9.47 Å². The summed E-state index contributed by atoms with van der Waals surface area (Å²) in [5.74, 6) is 1.50. The van der Waals surface area contributed by atoms with Gasteiger partial charge in [0, 0.05) is 31.3 Å². The fourth-order valence-electron chi connectivity index (χ4n) is 3.19. The maximum Gasteiger partial charge on any atom is 0.387 e. The van der Waals surface area contributed by atoms with Crippen molar-refractivity contribution >= 4 is 5.96 Å². The van der Waals surface area contributed by atoms with Crippen LogP contribution < -0.4 is 24.8 Å². The van der Waals surface area contributed by atoms with Crippen LogP contribution in [0.4, 0.5) is 8.78 Å². The molecule has 0 aromatic heterocycles. The van der Waals surface area contributed by atoms with Crippen molar-refractivity contribution in [2.24, 2.45) is 4.99 Å². The van der Waals surface area contributed by atoms with Gasteiger partial charge in [-0.1, -0.05) is 24.3 Å². The van der Waals surface area contributed by atoms with E-state index in [2.05, 4.69) is 37.4 Å². The predicted molar refractivity (Wildman–Crippen MR) is 115 cm³/mol. The first-order valence-electron chi connectivity index (χ1n) is 10.1. The van der Waals surface area contributed by atoms with E-state index in [-0.39, 0.29) is 19.1 Å². The van der Waals surface area contributed by atoms with Crippen molar-refractivity contribution in [2.45, 2.75) is 33.2 Å². The van der Waals surface area contributed by atoms with Crippen molar-refractivity contribution in [3.8, 4) is 17.2 Å². The van der Waals surface area contributed by atoms with E-state index in [9.17, 15) is 8.78 Å². The maximum absolute atomic E-state index is 12.8. The molecule has 0 atom stereocenters. The third-order valence-corrected chi connectivity index (χ3v) is 4.47. The molecule has 0 unspecified atom stereocenters. The summed E-state index contributed by atoms with van der Waals surface area (Å²) in [4.78, 5) is 6.73. The quantitative estimate of drug-likeness (QED) is 0.466. The number of hydrogen-bond acceptors (Lipinski definition) is 5. The van der Waals surface area contributed by atoms with Gasteiger partial charge in [-0.25, -0.2) is 4.99 Å². The third-order valence-electron chi connectivity index (χ3n) is 4.47. The topological polar surface area (TPSA) is 67.4 Å². The van der Waals surface area contributed by atoms with E-state index in [1.807, 2.05) is 33.2 Å². The van der Waals surface area contributed by atoms with Gasteiger partial charge in [0.25, 0.3) is 0 Å². The number of aliphatic imine (C=N–C) groups is 1. The van der Waals surface area contributed by atoms with Crippen LogP contribution in [0.2, 0.25) is 0 Å². The average Bonchev–Trinajstić information content (AvgIpc) is 3.16. The summed E-state index contributed by atoms with van der Waals surface area (Å²) in [6, 6.07) is 11.3. The third kappa shape index (κ3) is 6.71. The highest BCUT2D eigenvalue weighted by molar-refractivity contribution is 5.79. The van der Waals surface area contributed by atoms with Crippen LogP contribution in [-0.4, -0.2) is 44.9 Å². The van der Waals surface area contributed by atoms with E-state index in [0.717, 1.165) is 12.1 Å². The first-order valence-corrected chi connectivity index (χ1v) is 10.1. The monoisotopic (exact) mass is 434 g/mol. The van der Waals surface area contributed by atoms with Gasteiger partial charge in [0.2, 0.25) is 6.79 Å². The summed E-state index contributed by atoms with van der Waals surface area (Å²) in [6.07, 6.45) is 0. The summed E-state index contributed by atoms with van der Waals surface area (Å²) in [7, 11) is 4.06. The Morgan fingerprint density at radius 2 is 1.87 bits per heavy atom. The lowest BCUT2D eigenvalue weighted by atomic mass is 10.1. The fraction of sp³-hybridized carbons (Fsp3) is 0.409. The Labute approximate surface area is 181 Å². The summed E-state index contributed by atoms with van der Waals surface area (Å²) >= 11 is 0. The van der Waals surface area contributed by atoms with Gasteiger partial charge in [-0.2, -0.15) is 8.78 Å². The Morgan fingerprint density at radius 3 is 2.58 bits per heavy atom. The molecule has 168 valence electrons. The standard InChI is InChI=1S/C22H28F2N4O3/c1-4-25-22(26-11-15-6-5-7-16(8-15)13-28(2)3)27-12-17-9-19-20(30-14-29-19)10-18(17)31-21(23)24/h5-10,21H,4,11-14H2,1-3H3,(H2,25,26,27). The zero-order valence-corrected chi connectivity index (χ0v) is 18.0. The van der Waals surface area contributed by atoms with Crippen LogP contribution >= 0.6 is 0 Å². The summed E-state index contributed by atoms with van der Waals surface area (Å²) in [6.45, 7) is 1.30. The van der Waals surface area contributed by atoms with Crippen LogP contribution in [0.25, 0.3) is 0 Å². The number of fused-ring (bicyclic) bond motifs is 1. The molecule has 2 N–H and O–H groups in total. The van der Waals surface area contributed by atoms with Gasteiger partial charge in [0.05, 0.1) is 6.54 Å². The Bertz CT molecular complexity index is 906. The number of guanidine groups is 1. The number of ether oxygens (including phenoxy) is 3. The molecular weight excluding hydrogens is 406 g/mol. The van der Waals surface area contributed by atoms with Crippen LogP contribution in [0.1, 0.15) is 23.6 Å². The van der Waals surface area contributed by atoms with E-state index in [0.29, 0.717) is 36.1 Å². The fourth-order valence-corrected chi connectivity index (χ4v) is 3.19. The molecule has 0 spiro atoms. The van der Waals surface area contributed by atoms with Crippen molar-refractivity contribution in [1.82, 2.24) is 15.5 Å². The zero-order chi connectivity index (χ0) is 22.2. The molecule has 0 bridgehead atoms. The highest BCUT2D eigenvalue weighted by atomic mass is 19.3. The second kappa shape index (κ2) is 10.8. The molecule has 1 aliphatic rings. The molecule has 0 aliphatic carbocycles. The summed E-state index contributed by atoms with van der Waals surface area (Å²) in [5, 5.41) is 6.34. The van der Waals surface area contributed by atoms with E-state index < -0.39 is 6.61 Å². The Hall–Kier alpha value is -3.07. The highest BCUT2D eigenvalue weighted by Gasteiger charge is 2.20. The van der Waals surface area contributed by atoms with E-state index >= 15 is 0 Å². The van der Waals surface area contributed by atoms with Gasteiger partial charge in [-0.15, -0.1) is 0 Å². The summed E-state index contributed by atoms with van der Waals surface area (Å²) < 4.78 is 40.9. The van der Waals surface area contributed by atoms with E-state index in [1.54, 1.807) is 6.07 Å². The minimum Gasteiger partial charge on any atom is -0.454 e. The van der Waals surface area contributed by atoms with Crippen molar-refractivity contribution in [1.29, 1.82) is 0 Å². The van der Waals surface area contributed by atoms with Crippen LogP contribution in [0.5, 0.6) is 17.2 Å². The van der Waals surface area contributed by atoms with E-state index in [1.165, 1.54) is 11.6 Å². The zero-order valence-electron chi connectivity index (χ0n) is 18.0. The smallest absolute Gasteiger partial charge is 0.387 e. The van der Waals surface area contributed by atoms with Crippen molar-refractivity contribution in [2.75, 3.05) is 27.4 Å². The number of benzene rings is 2. The van der Waals surface area contributed by atoms with Crippen molar-refractivity contribution in [3.05, 3.63) is 53.1 Å². The second-order valence-corrected chi connectivity index (χ2v) is 7.30. The molecule has 3 rings (SSSR count). The summed E-state index contributed by atoms with van der Waals surface area (Å²) in [5.41, 5.74) is 2.81. The number of rotatable bonds is 9. The molecule has 1 aliphatic heterocycles. The Morgan fingerprint density at radius 1 is 1.13 bits per heavy atom. The van der Waals surface area contributed by atoms with Crippen LogP contribution in [0, 0.1) is 0 Å². The molecule has 2 aromatic carbocycles. The maximum atomic E-state index is 12.8. The normalized spacial score (nSPS) is 13.1. The molecule has 0 fully saturated rings. The van der Waals surface area contributed by atoms with Crippen LogP contribution in [-0.2, 0) is 19.6 Å². The molecule has 0 radical (unpaired) electrons. The SMILES string of the molecule is CCNC(=NCc1cccc(CN(C)C)c1)NCc1cc2c(cc1OC(F)F)OCO2. The number of halogens is 2. The minimum absolute atomic E-state index is 0.0407. The first kappa shape index (κ1) is 22.6. The molecule has 0 saturated carbocycles. The molecule has 1 heterocycles. The highest BCUT2D eigenvalue weighted by Crippen LogP contribution is 2.38. The van der Waals surface area contributed by atoms with Gasteiger partial charge in [0.1, 0.15) is 5.75 Å². The van der Waals surface area contributed by atoms with Crippen molar-refractivity contribution in [3.63, 3.8) is 0 Å². The lowest BCUT2D eigenvalue weighted by molar-refractivity contribution is -0.0505. The van der Waals surface area contributed by atoms with Crippen molar-refractivity contribution < 1.29 is 23.0 Å². The number of nitrogens with zero attached hydrogens (tertiary/aromatic N) is 2. The van der Waals surface area contributed by atoms with Crippen LogP contribution in [0.3, 0.4) is 0 Å². The van der Waals surface area contributed by atoms with Crippen LogP contribution in [0.15, 0.2) is 41.4 Å². The molecular formula is C22H28F2N4O3.